The molecule has 21 heavy (non-hydrogen) atoms. The predicted octanol–water partition coefficient (Wildman–Crippen LogP) is 2.33. The van der Waals surface area contributed by atoms with Crippen LogP contribution in [0, 0.1) is 5.92 Å². The number of imide groups is 1. The highest BCUT2D eigenvalue weighted by Gasteiger charge is 2.33. The first kappa shape index (κ1) is 14.5. The van der Waals surface area contributed by atoms with Crippen molar-refractivity contribution >= 4 is 39.1 Å². The van der Waals surface area contributed by atoms with Crippen LogP contribution in [0.5, 0.6) is 0 Å². The van der Waals surface area contributed by atoms with Crippen molar-refractivity contribution in [1.82, 2.24) is 0 Å². The van der Waals surface area contributed by atoms with Gasteiger partial charge in [0.1, 0.15) is 0 Å². The maximum atomic E-state index is 12.7. The maximum absolute atomic E-state index is 12.7. The van der Waals surface area contributed by atoms with Crippen molar-refractivity contribution in [2.24, 2.45) is 5.92 Å². The Morgan fingerprint density at radius 2 is 2.24 bits per heavy atom. The molecule has 0 radical (unpaired) electrons. The van der Waals surface area contributed by atoms with Gasteiger partial charge in [-0.05, 0) is 30.5 Å². The average molecular weight is 353 g/mol. The number of fused-ring (bicyclic) bond motifs is 1. The summed E-state index contributed by atoms with van der Waals surface area (Å²) in [5.41, 5.74) is 2.66. The molecule has 6 heteroatoms. The Balaban J connectivity index is 2.02. The van der Waals surface area contributed by atoms with Crippen LogP contribution in [-0.4, -0.2) is 31.6 Å². The van der Waals surface area contributed by atoms with Crippen molar-refractivity contribution < 1.29 is 14.3 Å². The van der Waals surface area contributed by atoms with Crippen LogP contribution in [0.1, 0.15) is 18.9 Å². The fourth-order valence-corrected chi connectivity index (χ4v) is 3.40. The Hall–Kier alpha value is -1.40. The van der Waals surface area contributed by atoms with Crippen LogP contribution in [0.25, 0.3) is 0 Å². The number of carbonyl (C=O) groups is 2. The van der Waals surface area contributed by atoms with E-state index in [-0.39, 0.29) is 17.7 Å². The summed E-state index contributed by atoms with van der Waals surface area (Å²) < 4.78 is 6.15. The summed E-state index contributed by atoms with van der Waals surface area (Å²) in [5.74, 6) is -0.667. The lowest BCUT2D eigenvalue weighted by Gasteiger charge is -2.24. The van der Waals surface area contributed by atoms with E-state index in [1.54, 1.807) is 0 Å². The van der Waals surface area contributed by atoms with Crippen LogP contribution < -0.4 is 10.2 Å². The van der Waals surface area contributed by atoms with Crippen LogP contribution in [0.2, 0.25) is 0 Å². The van der Waals surface area contributed by atoms with Gasteiger partial charge in [-0.15, -0.1) is 0 Å². The highest BCUT2D eigenvalue weighted by atomic mass is 79.9. The van der Waals surface area contributed by atoms with E-state index in [1.165, 1.54) is 11.8 Å². The van der Waals surface area contributed by atoms with E-state index in [9.17, 15) is 9.59 Å². The summed E-state index contributed by atoms with van der Waals surface area (Å²) in [7, 11) is 0. The Morgan fingerprint density at radius 3 is 2.90 bits per heavy atom. The van der Waals surface area contributed by atoms with Gasteiger partial charge < -0.3 is 10.1 Å². The lowest BCUT2D eigenvalue weighted by Crippen LogP contribution is -2.40. The summed E-state index contributed by atoms with van der Waals surface area (Å²) >= 11 is 3.46. The van der Waals surface area contributed by atoms with E-state index >= 15 is 0 Å². The van der Waals surface area contributed by atoms with E-state index in [0.717, 1.165) is 28.7 Å². The molecule has 0 aliphatic carbocycles. The number of nitrogens with zero attached hydrogens (tertiary/aromatic N) is 1. The molecule has 1 aromatic carbocycles. The van der Waals surface area contributed by atoms with Gasteiger partial charge in [-0.2, -0.15) is 0 Å². The summed E-state index contributed by atoms with van der Waals surface area (Å²) in [6, 6.07) is 3.85. The summed E-state index contributed by atoms with van der Waals surface area (Å²) in [6.07, 6.45) is 1.57. The largest absolute Gasteiger partial charge is 0.383 e. The number of carbonyl (C=O) groups excluding carboxylic acids is 2. The second-order valence-corrected chi connectivity index (χ2v) is 6.30. The number of anilines is 2. The molecule has 0 aromatic heterocycles. The van der Waals surface area contributed by atoms with Crippen molar-refractivity contribution in [3.63, 3.8) is 0 Å². The first-order chi connectivity index (χ1) is 10.1. The fourth-order valence-electron chi connectivity index (χ4n) is 2.90. The smallest absolute Gasteiger partial charge is 0.239 e. The van der Waals surface area contributed by atoms with Crippen molar-refractivity contribution in [3.05, 3.63) is 22.2 Å². The topological polar surface area (TPSA) is 58.6 Å². The third-order valence-corrected chi connectivity index (χ3v) is 4.37. The zero-order chi connectivity index (χ0) is 15.0. The lowest BCUT2D eigenvalue weighted by molar-refractivity contribution is -0.127. The van der Waals surface area contributed by atoms with Crippen LogP contribution in [0.3, 0.4) is 0 Å². The van der Waals surface area contributed by atoms with Gasteiger partial charge in [-0.3, -0.25) is 9.59 Å². The van der Waals surface area contributed by atoms with E-state index in [1.807, 2.05) is 12.1 Å². The van der Waals surface area contributed by atoms with Gasteiger partial charge in [0.25, 0.3) is 0 Å². The molecular weight excluding hydrogens is 336 g/mol. The first-order valence-corrected chi connectivity index (χ1v) is 7.86. The quantitative estimate of drug-likeness (QED) is 0.887. The summed E-state index contributed by atoms with van der Waals surface area (Å²) in [5, 5.41) is 3.28. The van der Waals surface area contributed by atoms with E-state index in [2.05, 4.69) is 21.2 Å². The number of amides is 2. The van der Waals surface area contributed by atoms with Crippen LogP contribution in [-0.2, 0) is 20.7 Å². The molecule has 112 valence electrons. The summed E-state index contributed by atoms with van der Waals surface area (Å²) in [6.45, 7) is 3.23. The number of hydrogen-bond acceptors (Lipinski definition) is 4. The standard InChI is InChI=1S/C15H17BrN2O3/c1-9(19)18(15(20)11-3-5-21-8-11)13-7-12(16)6-10-2-4-17-14(10)13/h6-7,11,17H,2-5,8H2,1H3. The number of benzene rings is 1. The minimum absolute atomic E-state index is 0.172. The average Bonchev–Trinajstić information content (AvgIpc) is 3.08. The van der Waals surface area contributed by atoms with Crippen LogP contribution >= 0.6 is 15.9 Å². The molecular formula is C15H17BrN2O3. The van der Waals surface area contributed by atoms with Gasteiger partial charge in [0.15, 0.2) is 0 Å². The van der Waals surface area contributed by atoms with Crippen molar-refractivity contribution in [3.8, 4) is 0 Å². The number of nitrogens with one attached hydrogen (secondary N) is 1. The van der Waals surface area contributed by atoms with Crippen LogP contribution in [0.4, 0.5) is 11.4 Å². The fraction of sp³-hybridized carbons (Fsp3) is 0.467. The van der Waals surface area contributed by atoms with Gasteiger partial charge in [0.05, 0.1) is 23.9 Å². The third kappa shape index (κ3) is 2.70. The molecule has 3 rings (SSSR count). The molecule has 1 fully saturated rings. The molecule has 2 aliphatic rings. The minimum atomic E-state index is -0.263. The van der Waals surface area contributed by atoms with E-state index in [4.69, 9.17) is 4.74 Å². The molecule has 0 spiro atoms. The van der Waals surface area contributed by atoms with Crippen molar-refractivity contribution in [1.29, 1.82) is 0 Å². The molecule has 0 saturated carbocycles. The molecule has 5 nitrogen and oxygen atoms in total. The molecule has 1 saturated heterocycles. The molecule has 1 unspecified atom stereocenters. The highest BCUT2D eigenvalue weighted by molar-refractivity contribution is 9.10. The molecule has 1 atom stereocenters. The Kier molecular flexibility index (Phi) is 3.99. The van der Waals surface area contributed by atoms with Gasteiger partial charge in [0.2, 0.25) is 11.8 Å². The molecule has 0 bridgehead atoms. The van der Waals surface area contributed by atoms with Crippen molar-refractivity contribution in [2.75, 3.05) is 30.0 Å². The normalized spacial score (nSPS) is 20.0. The molecule has 1 aromatic rings. The first-order valence-electron chi connectivity index (χ1n) is 7.06. The van der Waals surface area contributed by atoms with Gasteiger partial charge in [-0.1, -0.05) is 15.9 Å². The zero-order valence-corrected chi connectivity index (χ0v) is 13.4. The van der Waals surface area contributed by atoms with Gasteiger partial charge in [-0.25, -0.2) is 4.90 Å². The number of hydrogen-bond donors (Lipinski definition) is 1. The minimum Gasteiger partial charge on any atom is -0.383 e. The van der Waals surface area contributed by atoms with Gasteiger partial charge >= 0.3 is 0 Å². The Morgan fingerprint density at radius 1 is 1.43 bits per heavy atom. The van der Waals surface area contributed by atoms with Gasteiger partial charge in [0, 0.05) is 24.5 Å². The molecule has 2 amide bonds. The maximum Gasteiger partial charge on any atom is 0.239 e. The monoisotopic (exact) mass is 352 g/mol. The van der Waals surface area contributed by atoms with E-state index < -0.39 is 0 Å². The summed E-state index contributed by atoms with van der Waals surface area (Å²) in [4.78, 5) is 26.0. The van der Waals surface area contributed by atoms with Crippen LogP contribution in [0.15, 0.2) is 16.6 Å². The lowest BCUT2D eigenvalue weighted by atomic mass is 10.1. The number of halogens is 1. The third-order valence-electron chi connectivity index (χ3n) is 3.92. The zero-order valence-electron chi connectivity index (χ0n) is 11.8. The second kappa shape index (κ2) is 5.77. The second-order valence-electron chi connectivity index (χ2n) is 5.39. The molecule has 2 aliphatic heterocycles. The SMILES string of the molecule is CC(=O)N(C(=O)C1CCOC1)c1cc(Br)cc2c1NCC2. The number of rotatable bonds is 2. The number of ether oxygens (including phenoxy) is 1. The van der Waals surface area contributed by atoms with Crippen molar-refractivity contribution in [2.45, 2.75) is 19.8 Å². The molecule has 1 N–H and O–H groups in total. The molecule has 2 heterocycles. The predicted molar refractivity (Wildman–Crippen MR) is 83.4 cm³/mol. The Labute approximate surface area is 131 Å². The van der Waals surface area contributed by atoms with E-state index in [0.29, 0.717) is 25.3 Å². The highest BCUT2D eigenvalue weighted by Crippen LogP contribution is 2.37. The Bertz CT molecular complexity index is 597.